The van der Waals surface area contributed by atoms with E-state index in [1.807, 2.05) is 0 Å². The van der Waals surface area contributed by atoms with Crippen molar-refractivity contribution in [3.63, 3.8) is 0 Å². The van der Waals surface area contributed by atoms with Crippen LogP contribution in [0.25, 0.3) is 0 Å². The summed E-state index contributed by atoms with van der Waals surface area (Å²) >= 11 is 0. The molecule has 0 atom stereocenters. The summed E-state index contributed by atoms with van der Waals surface area (Å²) in [5.74, 6) is -0.637. The van der Waals surface area contributed by atoms with E-state index in [2.05, 4.69) is 14.7 Å². The van der Waals surface area contributed by atoms with Gasteiger partial charge < -0.3 is 0 Å². The zero-order valence-electron chi connectivity index (χ0n) is 11.3. The lowest BCUT2D eigenvalue weighted by Crippen LogP contribution is -2.25. The average molecular weight is 326 g/mol. The zero-order valence-corrected chi connectivity index (χ0v) is 11.3. The highest BCUT2D eigenvalue weighted by atomic mass is 19.3. The first-order valence-corrected chi connectivity index (χ1v) is 6.59. The van der Waals surface area contributed by atoms with Gasteiger partial charge in [0, 0.05) is 23.8 Å². The lowest BCUT2D eigenvalue weighted by atomic mass is 9.92. The molecule has 3 nitrogen and oxygen atoms in total. The number of hydrogen-bond donors (Lipinski definition) is 0. The van der Waals surface area contributed by atoms with Crippen molar-refractivity contribution >= 4 is 5.71 Å². The van der Waals surface area contributed by atoms with Gasteiger partial charge in [0.25, 0.3) is 0 Å². The van der Waals surface area contributed by atoms with Crippen LogP contribution in [-0.2, 0) is 4.74 Å². The molecule has 23 heavy (non-hydrogen) atoms. The molecule has 118 valence electrons. The minimum absolute atomic E-state index is 0.107. The Morgan fingerprint density at radius 3 is 2.61 bits per heavy atom. The number of pyridine rings is 1. The van der Waals surface area contributed by atoms with Crippen molar-refractivity contribution in [1.29, 1.82) is 0 Å². The molecule has 0 radical (unpaired) electrons. The number of fused-ring (bicyclic) bond motifs is 1. The Bertz CT molecular complexity index is 851. The number of ether oxygens (including phenoxy) is 1. The molecule has 3 heterocycles. The highest BCUT2D eigenvalue weighted by molar-refractivity contribution is 6.12. The first-order chi connectivity index (χ1) is 10.8. The minimum atomic E-state index is -4.07. The van der Waals surface area contributed by atoms with Crippen LogP contribution < -0.4 is 0 Å². The third kappa shape index (κ3) is 2.05. The van der Waals surface area contributed by atoms with Crippen molar-refractivity contribution in [3.05, 3.63) is 64.4 Å². The lowest BCUT2D eigenvalue weighted by molar-refractivity contribution is -0.321. The predicted molar refractivity (Wildman–Crippen MR) is 69.5 cm³/mol. The van der Waals surface area contributed by atoms with Crippen LogP contribution in [0.4, 0.5) is 22.0 Å². The van der Waals surface area contributed by atoms with E-state index in [1.54, 1.807) is 0 Å². The molecule has 1 aromatic heterocycles. The zero-order chi connectivity index (χ0) is 16.4. The largest absolute Gasteiger partial charge is 0.388 e. The van der Waals surface area contributed by atoms with E-state index in [0.29, 0.717) is 5.57 Å². The number of hydrogen-bond acceptors (Lipinski definition) is 3. The normalized spacial score (nSPS) is 24.0. The maximum atomic E-state index is 13.7. The molecule has 2 aliphatic heterocycles. The summed E-state index contributed by atoms with van der Waals surface area (Å²) in [7, 11) is 0. The molecule has 0 unspecified atom stereocenters. The van der Waals surface area contributed by atoms with Gasteiger partial charge >= 0.3 is 12.2 Å². The monoisotopic (exact) mass is 326 g/mol. The second kappa shape index (κ2) is 4.35. The lowest BCUT2D eigenvalue weighted by Gasteiger charge is -2.15. The summed E-state index contributed by atoms with van der Waals surface area (Å²) < 4.78 is 71.6. The maximum Gasteiger partial charge on any atom is 0.388 e. The van der Waals surface area contributed by atoms with Gasteiger partial charge in [-0.25, -0.2) is 14.1 Å². The van der Waals surface area contributed by atoms with Gasteiger partial charge in [-0.05, 0) is 23.8 Å². The van der Waals surface area contributed by atoms with Crippen molar-refractivity contribution in [2.75, 3.05) is 0 Å². The Hall–Kier alpha value is -2.35. The number of halogens is 5. The molecule has 3 aliphatic rings. The summed E-state index contributed by atoms with van der Waals surface area (Å²) in [6.45, 7) is 0. The Labute approximate surface area is 126 Å². The molecule has 0 saturated carbocycles. The smallest absolute Gasteiger partial charge is 0.262 e. The Morgan fingerprint density at radius 1 is 1.09 bits per heavy atom. The molecule has 1 aromatic rings. The quantitative estimate of drug-likeness (QED) is 0.737. The third-order valence-corrected chi connectivity index (χ3v) is 3.82. The summed E-state index contributed by atoms with van der Waals surface area (Å²) in [5, 5.41) is 0. The number of allylic oxidation sites excluding steroid dienone is 2. The molecule has 0 fully saturated rings. The molecule has 0 spiro atoms. The van der Waals surface area contributed by atoms with Crippen molar-refractivity contribution in [1.82, 2.24) is 4.98 Å². The predicted octanol–water partition coefficient (Wildman–Crippen LogP) is 3.75. The third-order valence-electron chi connectivity index (χ3n) is 3.82. The van der Waals surface area contributed by atoms with Gasteiger partial charge in [-0.1, -0.05) is 0 Å². The minimum Gasteiger partial charge on any atom is -0.262 e. The van der Waals surface area contributed by atoms with Crippen LogP contribution >= 0.6 is 0 Å². The molecular weight excluding hydrogens is 319 g/mol. The van der Waals surface area contributed by atoms with Crippen LogP contribution in [0.5, 0.6) is 0 Å². The first-order valence-electron chi connectivity index (χ1n) is 6.59. The van der Waals surface area contributed by atoms with E-state index in [9.17, 15) is 22.0 Å². The average Bonchev–Trinajstić information content (AvgIpc) is 2.94. The van der Waals surface area contributed by atoms with Gasteiger partial charge in [-0.3, -0.25) is 4.98 Å². The molecule has 0 amide bonds. The molecule has 8 heteroatoms. The number of nitrogens with zero attached hydrogens (tertiary/aromatic N) is 2. The van der Waals surface area contributed by atoms with Gasteiger partial charge in [0.05, 0.1) is 23.2 Å². The van der Waals surface area contributed by atoms with Gasteiger partial charge in [0.2, 0.25) is 0 Å². The molecule has 0 bridgehead atoms. The van der Waals surface area contributed by atoms with Crippen molar-refractivity contribution in [2.45, 2.75) is 18.6 Å². The van der Waals surface area contributed by atoms with Crippen LogP contribution in [0.1, 0.15) is 12.0 Å². The van der Waals surface area contributed by atoms with Gasteiger partial charge in [-0.2, -0.15) is 17.6 Å². The standard InChI is InChI=1S/C15H7F5N2O/c16-11-6-21-2-1-8(11)13-4-7-3-9-10(5-12(7)22-13)15(19,20)23-14(9,17)18/h1-2,4-6H,3H2. The molecule has 4 rings (SSSR count). The Balaban J connectivity index is 1.78. The summed E-state index contributed by atoms with van der Waals surface area (Å²) in [6, 6.07) is 1.37. The van der Waals surface area contributed by atoms with Crippen molar-refractivity contribution in [2.24, 2.45) is 4.99 Å². The highest BCUT2D eigenvalue weighted by Crippen LogP contribution is 2.53. The fourth-order valence-corrected chi connectivity index (χ4v) is 2.77. The second-order valence-corrected chi connectivity index (χ2v) is 5.26. The fraction of sp³-hybridized carbons (Fsp3) is 0.200. The summed E-state index contributed by atoms with van der Waals surface area (Å²) in [5.41, 5.74) is -0.941. The van der Waals surface area contributed by atoms with E-state index in [0.717, 1.165) is 12.3 Å². The molecule has 0 saturated heterocycles. The summed E-state index contributed by atoms with van der Waals surface area (Å²) in [6.07, 6.45) is -3.92. The SMILES string of the molecule is Fc1cnccc1C1=NC2=CC3=C(CC2=C1)C(F)(F)OC3(F)F. The molecular formula is C15H7F5N2O. The van der Waals surface area contributed by atoms with E-state index in [-0.39, 0.29) is 17.0 Å². The Kier molecular flexibility index (Phi) is 2.69. The van der Waals surface area contributed by atoms with Crippen LogP contribution in [0.15, 0.2) is 58.0 Å². The topological polar surface area (TPSA) is 34.5 Å². The number of alkyl halides is 4. The molecule has 0 N–H and O–H groups in total. The number of aromatic nitrogens is 1. The van der Waals surface area contributed by atoms with Crippen molar-refractivity contribution < 1.29 is 26.7 Å². The fourth-order valence-electron chi connectivity index (χ4n) is 2.77. The van der Waals surface area contributed by atoms with E-state index < -0.39 is 35.6 Å². The number of rotatable bonds is 1. The first kappa shape index (κ1) is 14.3. The van der Waals surface area contributed by atoms with Crippen LogP contribution in [0.2, 0.25) is 0 Å². The molecule has 0 aromatic carbocycles. The van der Waals surface area contributed by atoms with Crippen LogP contribution in [-0.4, -0.2) is 22.9 Å². The van der Waals surface area contributed by atoms with E-state index in [4.69, 9.17) is 0 Å². The van der Waals surface area contributed by atoms with Crippen LogP contribution in [0, 0.1) is 5.82 Å². The number of aliphatic imine (C=N–C) groups is 1. The van der Waals surface area contributed by atoms with Gasteiger partial charge in [-0.15, -0.1) is 0 Å². The Morgan fingerprint density at radius 2 is 1.87 bits per heavy atom. The molecule has 1 aliphatic carbocycles. The van der Waals surface area contributed by atoms with Crippen LogP contribution in [0.3, 0.4) is 0 Å². The van der Waals surface area contributed by atoms with E-state index >= 15 is 0 Å². The maximum absolute atomic E-state index is 13.7. The highest BCUT2D eigenvalue weighted by Gasteiger charge is 2.59. The van der Waals surface area contributed by atoms with Gasteiger partial charge in [0.1, 0.15) is 0 Å². The van der Waals surface area contributed by atoms with Gasteiger partial charge in [0.15, 0.2) is 5.82 Å². The van der Waals surface area contributed by atoms with Crippen molar-refractivity contribution in [3.8, 4) is 0 Å². The second-order valence-electron chi connectivity index (χ2n) is 5.26. The summed E-state index contributed by atoms with van der Waals surface area (Å²) in [4.78, 5) is 7.67. The van der Waals surface area contributed by atoms with E-state index in [1.165, 1.54) is 18.3 Å².